The Balaban J connectivity index is 1.70. The van der Waals surface area contributed by atoms with Crippen molar-refractivity contribution in [1.82, 2.24) is 10.2 Å². The number of benzene rings is 1. The number of nitrogens with one attached hydrogen (secondary N) is 2. The maximum Gasteiger partial charge on any atom is 0.329 e. The average molecular weight is 330 g/mol. The second-order valence-corrected chi connectivity index (χ2v) is 7.50. The van der Waals surface area contributed by atoms with Gasteiger partial charge in [-0.25, -0.2) is 9.69 Å². The third kappa shape index (κ3) is 2.93. The number of aryl methyl sites for hydroxylation is 1. The number of rotatable bonds is 4. The van der Waals surface area contributed by atoms with Gasteiger partial charge in [0.05, 0.1) is 7.05 Å². The van der Waals surface area contributed by atoms with Crippen LogP contribution in [0.3, 0.4) is 0 Å². The summed E-state index contributed by atoms with van der Waals surface area (Å²) in [5.41, 5.74) is 1.84. The number of urea groups is 1. The van der Waals surface area contributed by atoms with Crippen LogP contribution in [-0.2, 0) is 11.3 Å². The summed E-state index contributed by atoms with van der Waals surface area (Å²) < 4.78 is 0. The van der Waals surface area contributed by atoms with Gasteiger partial charge in [-0.1, -0.05) is 44.0 Å². The third-order valence-electron chi connectivity index (χ3n) is 5.68. The zero-order chi connectivity index (χ0) is 17.3. The Labute approximate surface area is 144 Å². The van der Waals surface area contributed by atoms with Crippen LogP contribution >= 0.6 is 0 Å². The molecule has 3 amide bonds. The van der Waals surface area contributed by atoms with Crippen molar-refractivity contribution in [3.8, 4) is 0 Å². The Hall–Kier alpha value is -1.88. The highest BCUT2D eigenvalue weighted by Gasteiger charge is 2.55. The van der Waals surface area contributed by atoms with Crippen LogP contribution in [0.25, 0.3) is 0 Å². The van der Waals surface area contributed by atoms with Crippen LogP contribution in [0, 0.1) is 12.8 Å². The molecule has 0 aromatic heterocycles. The van der Waals surface area contributed by atoms with E-state index < -0.39 is 5.54 Å². The first-order valence-electron chi connectivity index (χ1n) is 8.94. The minimum atomic E-state index is -0.654. The molecule has 130 valence electrons. The van der Waals surface area contributed by atoms with E-state index in [1.165, 1.54) is 16.0 Å². The minimum absolute atomic E-state index is 0.0242. The largest absolute Gasteiger partial charge is 0.329 e. The maximum atomic E-state index is 13.0. The summed E-state index contributed by atoms with van der Waals surface area (Å²) in [5.74, 6) is 0.188. The van der Waals surface area contributed by atoms with Gasteiger partial charge in [0.25, 0.3) is 5.91 Å². The second kappa shape index (κ2) is 6.55. The number of quaternary nitrogens is 1. The van der Waals surface area contributed by atoms with Crippen molar-refractivity contribution < 1.29 is 14.5 Å². The Morgan fingerprint density at radius 1 is 1.29 bits per heavy atom. The van der Waals surface area contributed by atoms with Gasteiger partial charge >= 0.3 is 6.03 Å². The highest BCUT2D eigenvalue weighted by molar-refractivity contribution is 6.07. The first-order chi connectivity index (χ1) is 11.4. The van der Waals surface area contributed by atoms with Crippen molar-refractivity contribution in [3.05, 3.63) is 35.4 Å². The topological polar surface area (TPSA) is 53.9 Å². The molecule has 24 heavy (non-hydrogen) atoms. The summed E-state index contributed by atoms with van der Waals surface area (Å²) in [7, 11) is 2.03. The van der Waals surface area contributed by atoms with E-state index in [0.29, 0.717) is 6.67 Å². The van der Waals surface area contributed by atoms with Gasteiger partial charge in [-0.15, -0.1) is 0 Å². The Kier molecular flexibility index (Phi) is 4.63. The fourth-order valence-corrected chi connectivity index (χ4v) is 4.10. The molecule has 5 nitrogen and oxygen atoms in total. The first-order valence-corrected chi connectivity index (χ1v) is 8.94. The fourth-order valence-electron chi connectivity index (χ4n) is 4.10. The monoisotopic (exact) mass is 330 g/mol. The molecule has 1 aliphatic carbocycles. The molecule has 1 saturated heterocycles. The third-order valence-corrected chi connectivity index (χ3v) is 5.68. The van der Waals surface area contributed by atoms with E-state index in [9.17, 15) is 9.59 Å². The van der Waals surface area contributed by atoms with E-state index in [1.54, 1.807) is 0 Å². The van der Waals surface area contributed by atoms with Gasteiger partial charge < -0.3 is 10.2 Å². The van der Waals surface area contributed by atoms with Crippen LogP contribution in [0.2, 0.25) is 0 Å². The molecule has 1 aromatic rings. The predicted octanol–water partition coefficient (Wildman–Crippen LogP) is 1.47. The normalized spacial score (nSPS) is 28.3. The molecule has 1 spiro atoms. The van der Waals surface area contributed by atoms with Crippen molar-refractivity contribution >= 4 is 11.9 Å². The molecule has 1 unspecified atom stereocenters. The summed E-state index contributed by atoms with van der Waals surface area (Å²) in [5, 5.41) is 3.02. The number of carbonyl (C=O) groups is 2. The lowest BCUT2D eigenvalue weighted by molar-refractivity contribution is -0.901. The second-order valence-electron chi connectivity index (χ2n) is 7.50. The van der Waals surface area contributed by atoms with Crippen LogP contribution in [-0.4, -0.2) is 36.1 Å². The molecule has 1 aliphatic heterocycles. The lowest BCUT2D eigenvalue weighted by atomic mass is 9.73. The summed E-state index contributed by atoms with van der Waals surface area (Å²) in [6.45, 7) is 5.39. The van der Waals surface area contributed by atoms with Gasteiger partial charge in [0.1, 0.15) is 12.1 Å². The van der Waals surface area contributed by atoms with Crippen LogP contribution in [0.4, 0.5) is 4.79 Å². The predicted molar refractivity (Wildman–Crippen MR) is 92.4 cm³/mol. The lowest BCUT2D eigenvalue weighted by Crippen LogP contribution is -3.09. The van der Waals surface area contributed by atoms with Gasteiger partial charge in [-0.2, -0.15) is 0 Å². The van der Waals surface area contributed by atoms with Crippen LogP contribution in [0.5, 0.6) is 0 Å². The quantitative estimate of drug-likeness (QED) is 0.822. The number of hydrogen-bond donors (Lipinski definition) is 2. The zero-order valence-corrected chi connectivity index (χ0v) is 14.9. The average Bonchev–Trinajstić information content (AvgIpc) is 2.78. The van der Waals surface area contributed by atoms with Gasteiger partial charge in [-0.3, -0.25) is 4.79 Å². The number of imide groups is 1. The molecule has 1 aromatic carbocycles. The molecular formula is C19H28N3O2+. The lowest BCUT2D eigenvalue weighted by Gasteiger charge is -2.36. The molecule has 3 atom stereocenters. The molecule has 5 heteroatoms. The molecule has 2 aliphatic rings. The van der Waals surface area contributed by atoms with Gasteiger partial charge in [-0.05, 0) is 31.2 Å². The van der Waals surface area contributed by atoms with Crippen molar-refractivity contribution in [2.75, 3.05) is 13.7 Å². The zero-order valence-electron chi connectivity index (χ0n) is 14.9. The van der Waals surface area contributed by atoms with E-state index in [2.05, 4.69) is 31.3 Å². The van der Waals surface area contributed by atoms with Crippen LogP contribution in [0.15, 0.2) is 24.3 Å². The molecular weight excluding hydrogens is 302 g/mol. The molecule has 2 N–H and O–H groups in total. The van der Waals surface area contributed by atoms with Gasteiger partial charge in [0.2, 0.25) is 0 Å². The van der Waals surface area contributed by atoms with E-state index in [0.717, 1.165) is 37.1 Å². The highest BCUT2D eigenvalue weighted by Crippen LogP contribution is 2.37. The van der Waals surface area contributed by atoms with Crippen molar-refractivity contribution in [2.45, 2.75) is 51.6 Å². The number of carbonyl (C=O) groups excluding carboxylic acids is 2. The Morgan fingerprint density at radius 2 is 2.04 bits per heavy atom. The van der Waals surface area contributed by atoms with Crippen molar-refractivity contribution in [3.63, 3.8) is 0 Å². The Morgan fingerprint density at radius 3 is 2.75 bits per heavy atom. The van der Waals surface area contributed by atoms with E-state index in [-0.39, 0.29) is 17.9 Å². The van der Waals surface area contributed by atoms with E-state index in [1.807, 2.05) is 19.2 Å². The summed E-state index contributed by atoms with van der Waals surface area (Å²) in [6.07, 6.45) is 3.93. The highest BCUT2D eigenvalue weighted by atomic mass is 16.2. The molecule has 0 bridgehead atoms. The Bertz CT molecular complexity index is 645. The summed E-state index contributed by atoms with van der Waals surface area (Å²) in [6, 6.07) is 8.03. The SMILES string of the molecule is Cc1ccccc1C[NH+](C)CN1C(=O)N[C@]2(CCCC[C@H]2C)C1=O. The molecule has 0 radical (unpaired) electrons. The molecule has 3 rings (SSSR count). The van der Waals surface area contributed by atoms with Gasteiger partial charge in [0, 0.05) is 5.56 Å². The minimum Gasteiger partial charge on any atom is -0.323 e. The fraction of sp³-hybridized carbons (Fsp3) is 0.579. The molecule has 1 saturated carbocycles. The number of amides is 3. The van der Waals surface area contributed by atoms with Gasteiger partial charge in [0.15, 0.2) is 6.67 Å². The molecule has 2 fully saturated rings. The number of nitrogens with zero attached hydrogens (tertiary/aromatic N) is 1. The summed E-state index contributed by atoms with van der Waals surface area (Å²) in [4.78, 5) is 28.0. The van der Waals surface area contributed by atoms with Crippen molar-refractivity contribution in [2.24, 2.45) is 5.92 Å². The molecule has 1 heterocycles. The standard InChI is InChI=1S/C19H27N3O2/c1-14-8-4-5-10-16(14)12-21(3)13-22-17(23)19(20-18(22)24)11-7-6-9-15(19)2/h4-5,8,10,15H,6-7,9,11-13H2,1-3H3,(H,20,24)/p+1/t15-,19+/m1/s1. The first kappa shape index (κ1) is 17.0. The maximum absolute atomic E-state index is 13.0. The smallest absolute Gasteiger partial charge is 0.323 e. The van der Waals surface area contributed by atoms with Crippen LogP contribution in [0.1, 0.15) is 43.7 Å². The summed E-state index contributed by atoms with van der Waals surface area (Å²) >= 11 is 0. The van der Waals surface area contributed by atoms with E-state index >= 15 is 0 Å². The van der Waals surface area contributed by atoms with Crippen LogP contribution < -0.4 is 10.2 Å². The van der Waals surface area contributed by atoms with E-state index in [4.69, 9.17) is 0 Å². The van der Waals surface area contributed by atoms with Crippen molar-refractivity contribution in [1.29, 1.82) is 0 Å². The number of hydrogen-bond acceptors (Lipinski definition) is 2.